The van der Waals surface area contributed by atoms with Crippen molar-refractivity contribution in [1.29, 1.82) is 0 Å². The first kappa shape index (κ1) is 22.0. The number of amides is 1. The van der Waals surface area contributed by atoms with Crippen LogP contribution in [0.1, 0.15) is 11.3 Å². The molecule has 0 saturated carbocycles. The van der Waals surface area contributed by atoms with E-state index in [1.807, 2.05) is 6.92 Å². The van der Waals surface area contributed by atoms with Gasteiger partial charge in [-0.15, -0.1) is 0 Å². The molecule has 10 heteroatoms. The van der Waals surface area contributed by atoms with Gasteiger partial charge in [-0.1, -0.05) is 29.4 Å². The Bertz CT molecular complexity index is 1370. The Labute approximate surface area is 190 Å². The highest BCUT2D eigenvalue weighted by atomic mass is 35.5. The van der Waals surface area contributed by atoms with Crippen LogP contribution < -0.4 is 10.9 Å². The number of aryl methyl sites for hydroxylation is 1. The molecule has 0 radical (unpaired) electrons. The Morgan fingerprint density at radius 1 is 1.19 bits per heavy atom. The summed E-state index contributed by atoms with van der Waals surface area (Å²) in [7, 11) is 0. The molecule has 1 amide bonds. The summed E-state index contributed by atoms with van der Waals surface area (Å²) in [6.45, 7) is 1.99. The van der Waals surface area contributed by atoms with Crippen molar-refractivity contribution >= 4 is 40.3 Å². The van der Waals surface area contributed by atoms with Crippen LogP contribution in [-0.4, -0.2) is 26.2 Å². The van der Waals surface area contributed by atoms with Gasteiger partial charge in [0.15, 0.2) is 5.16 Å². The molecule has 0 unspecified atom stereocenters. The van der Waals surface area contributed by atoms with Crippen LogP contribution in [0.4, 0.5) is 8.78 Å². The van der Waals surface area contributed by atoms with Gasteiger partial charge in [0.05, 0.1) is 22.0 Å². The average molecular weight is 475 g/mol. The van der Waals surface area contributed by atoms with E-state index in [0.29, 0.717) is 27.4 Å². The molecule has 0 fully saturated rings. The van der Waals surface area contributed by atoms with E-state index < -0.39 is 11.6 Å². The number of aromatic nitrogens is 3. The third-order valence-corrected chi connectivity index (χ3v) is 5.87. The highest BCUT2D eigenvalue weighted by Crippen LogP contribution is 2.22. The number of nitrogens with zero attached hydrogens (tertiary/aromatic N) is 2. The summed E-state index contributed by atoms with van der Waals surface area (Å²) in [6, 6.07) is 11.4. The number of carbonyl (C=O) groups excluding carboxylic acids is 1. The van der Waals surface area contributed by atoms with E-state index in [-0.39, 0.29) is 28.8 Å². The molecule has 0 atom stereocenters. The van der Waals surface area contributed by atoms with Crippen molar-refractivity contribution < 1.29 is 13.6 Å². The monoisotopic (exact) mass is 474 g/mol. The molecule has 0 aliphatic carbocycles. The molecule has 4 rings (SSSR count). The predicted molar refractivity (Wildman–Crippen MR) is 120 cm³/mol. The van der Waals surface area contributed by atoms with Gasteiger partial charge >= 0.3 is 0 Å². The van der Waals surface area contributed by atoms with Crippen molar-refractivity contribution in [1.82, 2.24) is 19.9 Å². The van der Waals surface area contributed by atoms with Crippen molar-refractivity contribution in [3.8, 4) is 5.69 Å². The number of hydrogen-bond acceptors (Lipinski definition) is 4. The van der Waals surface area contributed by atoms with Gasteiger partial charge in [-0.3, -0.25) is 14.2 Å². The SMILES string of the molecule is Cc1cc2nc(SCC(=O)NCc3ccc(F)c(Cl)c3)n(-c3ccc(F)cc3)c(=O)c2[nH]1. The first-order chi connectivity index (χ1) is 15.3. The zero-order valence-electron chi connectivity index (χ0n) is 16.8. The minimum absolute atomic E-state index is 0.0164. The van der Waals surface area contributed by atoms with Crippen LogP contribution in [0.3, 0.4) is 0 Å². The standard InChI is InChI=1S/C22H17ClF2N4O2S/c1-12-8-18-20(27-12)21(31)29(15-5-3-14(24)4-6-15)22(28-18)32-11-19(30)26-10-13-2-7-17(25)16(23)9-13/h2-9,27H,10-11H2,1H3,(H,26,30). The number of carbonyl (C=O) groups is 1. The number of rotatable bonds is 6. The van der Waals surface area contributed by atoms with E-state index in [1.165, 1.54) is 47.0 Å². The third kappa shape index (κ3) is 4.68. The molecule has 2 heterocycles. The van der Waals surface area contributed by atoms with E-state index in [9.17, 15) is 18.4 Å². The van der Waals surface area contributed by atoms with Crippen molar-refractivity contribution in [3.05, 3.63) is 86.8 Å². The molecule has 2 N–H and O–H groups in total. The number of nitrogens with one attached hydrogen (secondary N) is 2. The normalized spacial score (nSPS) is 11.1. The Morgan fingerprint density at radius 3 is 2.66 bits per heavy atom. The number of halogens is 3. The number of fused-ring (bicyclic) bond motifs is 1. The fourth-order valence-electron chi connectivity index (χ4n) is 3.12. The molecule has 2 aromatic carbocycles. The molecule has 4 aromatic rings. The second-order valence-electron chi connectivity index (χ2n) is 7.04. The Kier molecular flexibility index (Phi) is 6.29. The summed E-state index contributed by atoms with van der Waals surface area (Å²) >= 11 is 6.84. The minimum Gasteiger partial charge on any atom is -0.353 e. The van der Waals surface area contributed by atoms with E-state index in [2.05, 4.69) is 15.3 Å². The van der Waals surface area contributed by atoms with E-state index >= 15 is 0 Å². The summed E-state index contributed by atoms with van der Waals surface area (Å²) in [5, 5.41) is 3.01. The summed E-state index contributed by atoms with van der Waals surface area (Å²) in [5.74, 6) is -1.28. The van der Waals surface area contributed by atoms with Gasteiger partial charge in [-0.05, 0) is 55.0 Å². The quantitative estimate of drug-likeness (QED) is 0.321. The predicted octanol–water partition coefficient (Wildman–Crippen LogP) is 4.36. The van der Waals surface area contributed by atoms with Gasteiger partial charge in [-0.2, -0.15) is 0 Å². The molecule has 0 saturated heterocycles. The maximum absolute atomic E-state index is 13.4. The van der Waals surface area contributed by atoms with Crippen molar-refractivity contribution in [2.45, 2.75) is 18.6 Å². The molecular weight excluding hydrogens is 458 g/mol. The number of aromatic amines is 1. The second-order valence-corrected chi connectivity index (χ2v) is 8.39. The summed E-state index contributed by atoms with van der Waals surface area (Å²) in [4.78, 5) is 33.0. The van der Waals surface area contributed by atoms with Crippen molar-refractivity contribution in [2.75, 3.05) is 5.75 Å². The lowest BCUT2D eigenvalue weighted by molar-refractivity contribution is -0.118. The van der Waals surface area contributed by atoms with Crippen LogP contribution in [0.25, 0.3) is 16.7 Å². The van der Waals surface area contributed by atoms with Gasteiger partial charge in [-0.25, -0.2) is 13.8 Å². The largest absolute Gasteiger partial charge is 0.353 e. The summed E-state index contributed by atoms with van der Waals surface area (Å²) < 4.78 is 28.0. The second kappa shape index (κ2) is 9.13. The summed E-state index contributed by atoms with van der Waals surface area (Å²) in [6.07, 6.45) is 0. The molecule has 164 valence electrons. The van der Waals surface area contributed by atoms with Gasteiger partial charge in [0, 0.05) is 12.2 Å². The molecule has 32 heavy (non-hydrogen) atoms. The Hall–Kier alpha value is -3.17. The van der Waals surface area contributed by atoms with Crippen LogP contribution in [-0.2, 0) is 11.3 Å². The molecule has 0 aliphatic heterocycles. The van der Waals surface area contributed by atoms with E-state index in [4.69, 9.17) is 11.6 Å². The zero-order valence-corrected chi connectivity index (χ0v) is 18.4. The first-order valence-electron chi connectivity index (χ1n) is 9.53. The maximum atomic E-state index is 13.4. The molecule has 0 bridgehead atoms. The fraction of sp³-hybridized carbons (Fsp3) is 0.136. The van der Waals surface area contributed by atoms with Crippen LogP contribution in [0.15, 0.2) is 58.5 Å². The van der Waals surface area contributed by atoms with Gasteiger partial charge in [0.1, 0.15) is 17.2 Å². The lowest BCUT2D eigenvalue weighted by Crippen LogP contribution is -2.26. The maximum Gasteiger partial charge on any atom is 0.283 e. The molecular formula is C22H17ClF2N4O2S. The highest BCUT2D eigenvalue weighted by Gasteiger charge is 2.16. The third-order valence-electron chi connectivity index (χ3n) is 4.65. The van der Waals surface area contributed by atoms with Crippen molar-refractivity contribution in [3.63, 3.8) is 0 Å². The Morgan fingerprint density at radius 2 is 1.94 bits per heavy atom. The number of thioether (sulfide) groups is 1. The summed E-state index contributed by atoms with van der Waals surface area (Å²) in [5.41, 5.74) is 2.32. The first-order valence-corrected chi connectivity index (χ1v) is 10.9. The van der Waals surface area contributed by atoms with E-state index in [0.717, 1.165) is 17.5 Å². The number of H-pyrrole nitrogens is 1. The highest BCUT2D eigenvalue weighted by molar-refractivity contribution is 7.99. The van der Waals surface area contributed by atoms with Crippen LogP contribution in [0.2, 0.25) is 5.02 Å². The molecule has 0 aliphatic rings. The lowest BCUT2D eigenvalue weighted by atomic mass is 10.2. The number of hydrogen-bond donors (Lipinski definition) is 2. The lowest BCUT2D eigenvalue weighted by Gasteiger charge is -2.12. The molecule has 6 nitrogen and oxygen atoms in total. The van der Waals surface area contributed by atoms with Gasteiger partial charge in [0.2, 0.25) is 5.91 Å². The van der Waals surface area contributed by atoms with Crippen molar-refractivity contribution in [2.24, 2.45) is 0 Å². The zero-order chi connectivity index (χ0) is 22.8. The average Bonchev–Trinajstić information content (AvgIpc) is 3.14. The van der Waals surface area contributed by atoms with Crippen LogP contribution in [0.5, 0.6) is 0 Å². The van der Waals surface area contributed by atoms with Crippen LogP contribution in [0, 0.1) is 18.6 Å². The van der Waals surface area contributed by atoms with E-state index in [1.54, 1.807) is 6.07 Å². The minimum atomic E-state index is -0.530. The topological polar surface area (TPSA) is 79.8 Å². The Balaban J connectivity index is 1.56. The molecule has 2 aromatic heterocycles. The van der Waals surface area contributed by atoms with Gasteiger partial charge < -0.3 is 10.3 Å². The molecule has 0 spiro atoms. The van der Waals surface area contributed by atoms with Crippen LogP contribution >= 0.6 is 23.4 Å². The number of benzene rings is 2. The smallest absolute Gasteiger partial charge is 0.283 e. The van der Waals surface area contributed by atoms with Gasteiger partial charge in [0.25, 0.3) is 5.56 Å². The fourth-order valence-corrected chi connectivity index (χ4v) is 4.17.